The molecule has 2 atom stereocenters. The van der Waals surface area contributed by atoms with Crippen LogP contribution in [0.1, 0.15) is 54.0 Å². The number of hydrogen-bond donors (Lipinski definition) is 1. The molecule has 0 aliphatic carbocycles. The Morgan fingerprint density at radius 1 is 1.00 bits per heavy atom. The van der Waals surface area contributed by atoms with Crippen molar-refractivity contribution in [3.63, 3.8) is 0 Å². The first kappa shape index (κ1) is 14.2. The normalized spacial score (nSPS) is 14.8. The maximum Gasteiger partial charge on any atom is -0.00745 e. The lowest BCUT2D eigenvalue weighted by molar-refractivity contribution is 0.456. The van der Waals surface area contributed by atoms with Crippen LogP contribution in [-0.2, 0) is 0 Å². The highest BCUT2D eigenvalue weighted by molar-refractivity contribution is 5.45. The van der Waals surface area contributed by atoms with Crippen molar-refractivity contribution in [3.8, 4) is 0 Å². The molecular weight excluding hydrogens is 206 g/mol. The van der Waals surface area contributed by atoms with Crippen LogP contribution >= 0.6 is 0 Å². The van der Waals surface area contributed by atoms with Gasteiger partial charge in [0.1, 0.15) is 0 Å². The second kappa shape index (κ2) is 5.68. The van der Waals surface area contributed by atoms with Gasteiger partial charge in [0.25, 0.3) is 0 Å². The minimum atomic E-state index is 0.595. The van der Waals surface area contributed by atoms with Gasteiger partial charge in [0.15, 0.2) is 0 Å². The Hall–Kier alpha value is -0.820. The zero-order valence-electron chi connectivity index (χ0n) is 12.2. The SMILES string of the molecule is Cc1cc(C)c(C)c(C(C)C(C)CCN)c1C. The van der Waals surface area contributed by atoms with Gasteiger partial charge < -0.3 is 5.73 Å². The molecule has 0 aliphatic heterocycles. The van der Waals surface area contributed by atoms with Crippen molar-refractivity contribution in [2.45, 2.75) is 53.9 Å². The third-order valence-electron chi connectivity index (χ3n) is 4.35. The zero-order valence-corrected chi connectivity index (χ0v) is 12.2. The van der Waals surface area contributed by atoms with Gasteiger partial charge in [-0.2, -0.15) is 0 Å². The van der Waals surface area contributed by atoms with E-state index in [4.69, 9.17) is 5.73 Å². The molecule has 0 heterocycles. The van der Waals surface area contributed by atoms with Crippen molar-refractivity contribution in [2.24, 2.45) is 11.7 Å². The van der Waals surface area contributed by atoms with E-state index in [0.29, 0.717) is 11.8 Å². The lowest BCUT2D eigenvalue weighted by atomic mass is 9.80. The van der Waals surface area contributed by atoms with E-state index in [9.17, 15) is 0 Å². The van der Waals surface area contributed by atoms with Crippen molar-refractivity contribution >= 4 is 0 Å². The molecule has 1 rings (SSSR count). The van der Waals surface area contributed by atoms with E-state index in [2.05, 4.69) is 47.6 Å². The minimum absolute atomic E-state index is 0.595. The van der Waals surface area contributed by atoms with Gasteiger partial charge in [-0.05, 0) is 80.3 Å². The monoisotopic (exact) mass is 233 g/mol. The molecule has 0 spiro atoms. The van der Waals surface area contributed by atoms with Crippen molar-refractivity contribution in [1.29, 1.82) is 0 Å². The summed E-state index contributed by atoms with van der Waals surface area (Å²) in [5.74, 6) is 1.25. The molecule has 1 heteroatoms. The van der Waals surface area contributed by atoms with Crippen molar-refractivity contribution in [3.05, 3.63) is 33.9 Å². The van der Waals surface area contributed by atoms with Crippen molar-refractivity contribution < 1.29 is 0 Å². The van der Waals surface area contributed by atoms with Gasteiger partial charge in [0, 0.05) is 0 Å². The number of hydrogen-bond acceptors (Lipinski definition) is 1. The first-order valence-corrected chi connectivity index (χ1v) is 6.67. The predicted molar refractivity (Wildman–Crippen MR) is 76.6 cm³/mol. The topological polar surface area (TPSA) is 26.0 Å². The van der Waals surface area contributed by atoms with E-state index in [1.54, 1.807) is 5.56 Å². The first-order valence-electron chi connectivity index (χ1n) is 6.67. The summed E-state index contributed by atoms with van der Waals surface area (Å²) in [6.07, 6.45) is 1.10. The molecule has 0 fully saturated rings. The fourth-order valence-corrected chi connectivity index (χ4v) is 2.73. The van der Waals surface area contributed by atoms with E-state index in [1.165, 1.54) is 22.3 Å². The van der Waals surface area contributed by atoms with Crippen LogP contribution in [0.4, 0.5) is 0 Å². The van der Waals surface area contributed by atoms with Gasteiger partial charge in [-0.15, -0.1) is 0 Å². The summed E-state index contributed by atoms with van der Waals surface area (Å²) in [7, 11) is 0. The Kier molecular flexibility index (Phi) is 4.76. The average molecular weight is 233 g/mol. The van der Waals surface area contributed by atoms with Crippen LogP contribution in [0.15, 0.2) is 6.07 Å². The molecule has 1 aromatic rings. The summed E-state index contributed by atoms with van der Waals surface area (Å²) in [6, 6.07) is 2.30. The first-order chi connectivity index (χ1) is 7.90. The Balaban J connectivity index is 3.20. The smallest absolute Gasteiger partial charge is 0.00745 e. The highest BCUT2D eigenvalue weighted by Crippen LogP contribution is 2.33. The largest absolute Gasteiger partial charge is 0.330 e. The molecule has 0 amide bonds. The maximum absolute atomic E-state index is 5.68. The van der Waals surface area contributed by atoms with Crippen molar-refractivity contribution in [2.75, 3.05) is 6.54 Å². The minimum Gasteiger partial charge on any atom is -0.330 e. The molecule has 0 radical (unpaired) electrons. The summed E-state index contributed by atoms with van der Waals surface area (Å²) in [6.45, 7) is 14.4. The number of benzene rings is 1. The molecule has 0 saturated carbocycles. The van der Waals surface area contributed by atoms with Crippen LogP contribution < -0.4 is 5.73 Å². The van der Waals surface area contributed by atoms with E-state index in [-0.39, 0.29) is 0 Å². The van der Waals surface area contributed by atoms with Gasteiger partial charge in [-0.3, -0.25) is 0 Å². The fraction of sp³-hybridized carbons (Fsp3) is 0.625. The van der Waals surface area contributed by atoms with E-state index in [0.717, 1.165) is 13.0 Å². The third kappa shape index (κ3) is 2.90. The van der Waals surface area contributed by atoms with E-state index >= 15 is 0 Å². The summed E-state index contributed by atoms with van der Waals surface area (Å²) in [4.78, 5) is 0. The summed E-state index contributed by atoms with van der Waals surface area (Å²) in [5, 5.41) is 0. The molecule has 17 heavy (non-hydrogen) atoms. The highest BCUT2D eigenvalue weighted by Gasteiger charge is 2.19. The van der Waals surface area contributed by atoms with E-state index < -0.39 is 0 Å². The molecule has 2 N–H and O–H groups in total. The number of nitrogens with two attached hydrogens (primary N) is 1. The Bertz CT molecular complexity index is 367. The van der Waals surface area contributed by atoms with Crippen molar-refractivity contribution in [1.82, 2.24) is 0 Å². The quantitative estimate of drug-likeness (QED) is 0.835. The molecule has 2 unspecified atom stereocenters. The maximum atomic E-state index is 5.68. The van der Waals surface area contributed by atoms with Crippen LogP contribution in [0.3, 0.4) is 0 Å². The molecule has 0 aliphatic rings. The molecule has 0 aromatic heterocycles. The zero-order chi connectivity index (χ0) is 13.2. The van der Waals surface area contributed by atoms with Gasteiger partial charge in [-0.25, -0.2) is 0 Å². The molecular formula is C16H27N. The van der Waals surface area contributed by atoms with Gasteiger partial charge in [0.05, 0.1) is 0 Å². The summed E-state index contributed by atoms with van der Waals surface area (Å²) >= 11 is 0. The van der Waals surface area contributed by atoms with E-state index in [1.807, 2.05) is 0 Å². The van der Waals surface area contributed by atoms with Gasteiger partial charge in [0.2, 0.25) is 0 Å². The lowest BCUT2D eigenvalue weighted by Crippen LogP contribution is -2.15. The highest BCUT2D eigenvalue weighted by atomic mass is 14.5. The standard InChI is InChI=1S/C16H27N/c1-10(7-8-17)13(4)16-14(5)11(2)9-12(3)15(16)6/h9-10,13H,7-8,17H2,1-6H3. The van der Waals surface area contributed by atoms with Gasteiger partial charge in [-0.1, -0.05) is 19.9 Å². The molecule has 1 aromatic carbocycles. The third-order valence-corrected chi connectivity index (χ3v) is 4.35. The second-order valence-electron chi connectivity index (χ2n) is 5.52. The van der Waals surface area contributed by atoms with Crippen LogP contribution in [0.5, 0.6) is 0 Å². The molecule has 1 nitrogen and oxygen atoms in total. The summed E-state index contributed by atoms with van der Waals surface area (Å²) in [5.41, 5.74) is 13.0. The predicted octanol–water partition coefficient (Wildman–Crippen LogP) is 4.01. The lowest BCUT2D eigenvalue weighted by Gasteiger charge is -2.25. The van der Waals surface area contributed by atoms with Crippen LogP contribution in [-0.4, -0.2) is 6.54 Å². The summed E-state index contributed by atoms with van der Waals surface area (Å²) < 4.78 is 0. The number of aryl methyl sites for hydroxylation is 2. The van der Waals surface area contributed by atoms with Crippen LogP contribution in [0.2, 0.25) is 0 Å². The van der Waals surface area contributed by atoms with Crippen LogP contribution in [0.25, 0.3) is 0 Å². The molecule has 96 valence electrons. The average Bonchev–Trinajstić information content (AvgIpc) is 2.27. The Morgan fingerprint density at radius 3 is 1.88 bits per heavy atom. The van der Waals surface area contributed by atoms with Crippen LogP contribution in [0, 0.1) is 33.6 Å². The Labute approximate surface area is 106 Å². The Morgan fingerprint density at radius 2 is 1.47 bits per heavy atom. The molecule has 0 saturated heterocycles. The second-order valence-corrected chi connectivity index (χ2v) is 5.52. The van der Waals surface area contributed by atoms with Gasteiger partial charge >= 0.3 is 0 Å². The fourth-order valence-electron chi connectivity index (χ4n) is 2.73. The number of rotatable bonds is 4. The molecule has 0 bridgehead atoms.